The zero-order chi connectivity index (χ0) is 23.4. The third kappa shape index (κ3) is 5.96. The summed E-state index contributed by atoms with van der Waals surface area (Å²) in [5.74, 6) is 0.222. The first kappa shape index (κ1) is 25.3. The van der Waals surface area contributed by atoms with E-state index >= 15 is 0 Å². The molecule has 4 heteroatoms. The molecule has 3 aromatic rings. The summed E-state index contributed by atoms with van der Waals surface area (Å²) in [6.45, 7) is 11.0. The molecule has 0 saturated heterocycles. The molecule has 1 aliphatic rings. The van der Waals surface area contributed by atoms with Crippen LogP contribution in [-0.2, 0) is 22.6 Å². The van der Waals surface area contributed by atoms with Crippen molar-refractivity contribution in [2.45, 2.75) is 51.6 Å². The van der Waals surface area contributed by atoms with E-state index in [4.69, 9.17) is 23.9 Å². The number of nitrogens with zero attached hydrogens (tertiary/aromatic N) is 1. The molecule has 166 valence electrons. The molecule has 0 bridgehead atoms. The van der Waals surface area contributed by atoms with Crippen LogP contribution in [0.25, 0.3) is 17.0 Å². The Bertz CT molecular complexity index is 1070. The molecule has 0 saturated carbocycles. The zero-order valence-corrected chi connectivity index (χ0v) is 22.4. The molecule has 1 nitrogen and oxygen atoms in total. The number of benzene rings is 3. The average molecular weight is 499 g/mol. The van der Waals surface area contributed by atoms with E-state index < -0.39 is 17.0 Å². The summed E-state index contributed by atoms with van der Waals surface area (Å²) in [5, 5.41) is 5.18. The molecule has 0 aromatic heterocycles. The minimum atomic E-state index is -0.556. The van der Waals surface area contributed by atoms with E-state index in [1.54, 1.807) is 0 Å². The number of fused-ring (bicyclic) bond motifs is 1. The van der Waals surface area contributed by atoms with Crippen LogP contribution < -0.4 is 0 Å². The zero-order valence-electron chi connectivity index (χ0n) is 19.4. The molecule has 0 spiro atoms. The average Bonchev–Trinajstić information content (AvgIpc) is 3.13. The number of allylic oxidation sites excluding steroid dienone is 1. The maximum atomic E-state index is 5.18. The summed E-state index contributed by atoms with van der Waals surface area (Å²) in [6.07, 6.45) is 2.36. The van der Waals surface area contributed by atoms with Crippen LogP contribution >= 0.6 is 18.6 Å². The Labute approximate surface area is 209 Å². The quantitative estimate of drug-likeness (QED) is 0.318. The van der Waals surface area contributed by atoms with E-state index in [1.807, 2.05) is 0 Å². The Kier molecular flexibility index (Phi) is 8.47. The fraction of sp³-hybridized carbons (Fsp3) is 0.286. The monoisotopic (exact) mass is 498 g/mol. The van der Waals surface area contributed by atoms with Crippen LogP contribution in [0, 0.1) is 0 Å². The molecule has 1 unspecified atom stereocenters. The fourth-order valence-electron chi connectivity index (χ4n) is 4.74. The van der Waals surface area contributed by atoms with E-state index in [2.05, 4.69) is 120 Å². The standard InChI is InChI=1S/C28H30N.2ClH.Ti/c1-27(2,3)29-28(4,5)25-18-12-11-17-23(25)26-22-16-10-9-15-21(22)19-24(26)20-13-7-6-8-14-20;;;/h6-19,26H,1-5H3;2*1H;/q-1;;;+2/p-2. The topological polar surface area (TPSA) is 14.1 Å². The van der Waals surface area contributed by atoms with Gasteiger partial charge in [-0.05, 0) is 33.9 Å². The SMILES string of the molecule is CC(C)(C)[N-]C(C)(C)c1ccccc1C1C(c2ccccc2)=Cc2ccccc21.[Cl][Ti][Cl]. The third-order valence-electron chi connectivity index (χ3n) is 5.58. The summed E-state index contributed by atoms with van der Waals surface area (Å²) in [5.41, 5.74) is 7.64. The Morgan fingerprint density at radius 1 is 0.719 bits per heavy atom. The van der Waals surface area contributed by atoms with Crippen LogP contribution in [0.5, 0.6) is 0 Å². The van der Waals surface area contributed by atoms with Crippen molar-refractivity contribution >= 4 is 30.3 Å². The van der Waals surface area contributed by atoms with Crippen LogP contribution in [0.4, 0.5) is 0 Å². The van der Waals surface area contributed by atoms with Gasteiger partial charge in [-0.25, -0.2) is 0 Å². The van der Waals surface area contributed by atoms with Crippen LogP contribution in [0.1, 0.15) is 68.4 Å². The molecule has 1 atom stereocenters. The van der Waals surface area contributed by atoms with E-state index in [9.17, 15) is 0 Å². The van der Waals surface area contributed by atoms with Gasteiger partial charge >= 0.3 is 35.6 Å². The Balaban J connectivity index is 0.000000913. The molecule has 0 radical (unpaired) electrons. The van der Waals surface area contributed by atoms with Crippen molar-refractivity contribution in [2.24, 2.45) is 0 Å². The van der Waals surface area contributed by atoms with Gasteiger partial charge in [0.15, 0.2) is 0 Å². The molecule has 1 aliphatic carbocycles. The van der Waals surface area contributed by atoms with Crippen molar-refractivity contribution in [3.63, 3.8) is 0 Å². The summed E-state index contributed by atoms with van der Waals surface area (Å²) < 4.78 is 0. The maximum absolute atomic E-state index is 5.18. The van der Waals surface area contributed by atoms with Gasteiger partial charge in [0.2, 0.25) is 0 Å². The first-order valence-electron chi connectivity index (χ1n) is 10.8. The Morgan fingerprint density at radius 3 is 1.88 bits per heavy atom. The molecule has 0 aliphatic heterocycles. The van der Waals surface area contributed by atoms with Gasteiger partial charge in [0.25, 0.3) is 0 Å². The predicted octanol–water partition coefficient (Wildman–Crippen LogP) is 9.16. The summed E-state index contributed by atoms with van der Waals surface area (Å²) in [4.78, 5) is 0. The molecule has 0 amide bonds. The first-order chi connectivity index (χ1) is 15.2. The van der Waals surface area contributed by atoms with Crippen LogP contribution in [0.2, 0.25) is 0 Å². The van der Waals surface area contributed by atoms with Crippen molar-refractivity contribution in [2.75, 3.05) is 0 Å². The van der Waals surface area contributed by atoms with Crippen LogP contribution in [0.3, 0.4) is 0 Å². The Morgan fingerprint density at radius 2 is 1.25 bits per heavy atom. The molecule has 0 N–H and O–H groups in total. The van der Waals surface area contributed by atoms with Gasteiger partial charge in [-0.1, -0.05) is 119 Å². The van der Waals surface area contributed by atoms with Crippen molar-refractivity contribution in [3.8, 4) is 0 Å². The molecule has 32 heavy (non-hydrogen) atoms. The molecule has 3 aromatic carbocycles. The summed E-state index contributed by atoms with van der Waals surface area (Å²) in [7, 11) is 9.78. The van der Waals surface area contributed by atoms with E-state index in [-0.39, 0.29) is 17.0 Å². The number of halogens is 2. The van der Waals surface area contributed by atoms with E-state index in [0.29, 0.717) is 0 Å². The minimum absolute atomic E-state index is 0.0949. The molecule has 0 heterocycles. The fourth-order valence-corrected chi connectivity index (χ4v) is 4.74. The Hall–Kier alpha value is -1.35. The van der Waals surface area contributed by atoms with Crippen molar-refractivity contribution in [1.29, 1.82) is 0 Å². The van der Waals surface area contributed by atoms with Gasteiger partial charge in [-0.15, -0.1) is 11.1 Å². The summed E-state index contributed by atoms with van der Waals surface area (Å²) in [6, 6.07) is 28.4. The van der Waals surface area contributed by atoms with Gasteiger partial charge in [0.05, 0.1) is 0 Å². The van der Waals surface area contributed by atoms with Gasteiger partial charge < -0.3 is 5.32 Å². The van der Waals surface area contributed by atoms with Gasteiger partial charge in [-0.3, -0.25) is 0 Å². The van der Waals surface area contributed by atoms with Gasteiger partial charge in [-0.2, -0.15) is 0 Å². The summed E-state index contributed by atoms with van der Waals surface area (Å²) >= 11 is -0.556. The number of hydrogen-bond acceptors (Lipinski definition) is 0. The number of hydrogen-bond donors (Lipinski definition) is 0. The van der Waals surface area contributed by atoms with Crippen LogP contribution in [0.15, 0.2) is 78.9 Å². The van der Waals surface area contributed by atoms with Crippen LogP contribution in [-0.4, -0.2) is 5.54 Å². The van der Waals surface area contributed by atoms with Crippen molar-refractivity contribution in [3.05, 3.63) is 112 Å². The second-order valence-electron chi connectivity index (χ2n) is 9.53. The molecule has 0 fully saturated rings. The van der Waals surface area contributed by atoms with Crippen molar-refractivity contribution in [1.82, 2.24) is 0 Å². The first-order valence-corrected chi connectivity index (χ1v) is 15.1. The van der Waals surface area contributed by atoms with Gasteiger partial charge in [0, 0.05) is 5.92 Å². The molecular formula is C28H30Cl2NTi-. The second-order valence-corrected chi connectivity index (χ2v) is 12.1. The number of rotatable bonds is 4. The van der Waals surface area contributed by atoms with Crippen molar-refractivity contribution < 1.29 is 17.0 Å². The molecular weight excluding hydrogens is 469 g/mol. The van der Waals surface area contributed by atoms with Gasteiger partial charge in [0.1, 0.15) is 0 Å². The second kappa shape index (κ2) is 10.7. The molecule has 4 rings (SSSR count). The van der Waals surface area contributed by atoms with E-state index in [1.165, 1.54) is 33.4 Å². The third-order valence-corrected chi connectivity index (χ3v) is 5.58. The normalized spacial score (nSPS) is 15.3. The predicted molar refractivity (Wildman–Crippen MR) is 137 cm³/mol. The van der Waals surface area contributed by atoms with E-state index in [0.717, 1.165) is 0 Å².